The van der Waals surface area contributed by atoms with Crippen molar-refractivity contribution in [3.05, 3.63) is 24.0 Å². The smallest absolute Gasteiger partial charge is 0.137 e. The summed E-state index contributed by atoms with van der Waals surface area (Å²) in [5, 5.41) is 13.4. The lowest BCUT2D eigenvalue weighted by Crippen LogP contribution is -2.37. The Morgan fingerprint density at radius 2 is 2.00 bits per heavy atom. The first-order valence-corrected chi connectivity index (χ1v) is 6.84. The van der Waals surface area contributed by atoms with Gasteiger partial charge < -0.3 is 15.2 Å². The SMILES string of the molecule is CC(C)NCc1ccc(OCC(C)(O)C(C)C)cn1. The molecule has 0 bridgehead atoms. The van der Waals surface area contributed by atoms with Crippen LogP contribution < -0.4 is 10.1 Å². The van der Waals surface area contributed by atoms with Crippen LogP contribution in [0.1, 0.15) is 40.3 Å². The molecule has 0 saturated heterocycles. The van der Waals surface area contributed by atoms with E-state index in [1.165, 1.54) is 0 Å². The molecule has 0 aromatic carbocycles. The van der Waals surface area contributed by atoms with E-state index < -0.39 is 5.60 Å². The fourth-order valence-electron chi connectivity index (χ4n) is 1.31. The quantitative estimate of drug-likeness (QED) is 0.795. The maximum Gasteiger partial charge on any atom is 0.137 e. The van der Waals surface area contributed by atoms with Gasteiger partial charge in [-0.05, 0) is 25.0 Å². The van der Waals surface area contributed by atoms with Gasteiger partial charge in [-0.3, -0.25) is 4.98 Å². The van der Waals surface area contributed by atoms with E-state index in [-0.39, 0.29) is 12.5 Å². The molecule has 0 spiro atoms. The molecule has 1 heterocycles. The van der Waals surface area contributed by atoms with Crippen molar-refractivity contribution in [1.82, 2.24) is 10.3 Å². The summed E-state index contributed by atoms with van der Waals surface area (Å²) in [4.78, 5) is 4.33. The average molecular weight is 266 g/mol. The van der Waals surface area contributed by atoms with Crippen molar-refractivity contribution in [3.63, 3.8) is 0 Å². The molecule has 4 nitrogen and oxygen atoms in total. The number of hydrogen-bond donors (Lipinski definition) is 2. The molecule has 1 rings (SSSR count). The van der Waals surface area contributed by atoms with E-state index in [0.29, 0.717) is 11.8 Å². The van der Waals surface area contributed by atoms with Crippen LogP contribution in [0.25, 0.3) is 0 Å². The van der Waals surface area contributed by atoms with Crippen molar-refractivity contribution in [2.24, 2.45) is 5.92 Å². The summed E-state index contributed by atoms with van der Waals surface area (Å²) in [6.45, 7) is 11.0. The first-order valence-electron chi connectivity index (χ1n) is 6.84. The van der Waals surface area contributed by atoms with Crippen LogP contribution in [0.3, 0.4) is 0 Å². The topological polar surface area (TPSA) is 54.4 Å². The van der Waals surface area contributed by atoms with Crippen LogP contribution in [-0.2, 0) is 6.54 Å². The van der Waals surface area contributed by atoms with Crippen LogP contribution in [0.15, 0.2) is 18.3 Å². The molecule has 0 saturated carbocycles. The van der Waals surface area contributed by atoms with Gasteiger partial charge in [-0.2, -0.15) is 0 Å². The minimum Gasteiger partial charge on any atom is -0.489 e. The molecule has 0 aliphatic heterocycles. The Balaban J connectivity index is 2.48. The third kappa shape index (κ3) is 5.57. The molecule has 1 aromatic heterocycles. The number of aromatic nitrogens is 1. The third-order valence-corrected chi connectivity index (χ3v) is 3.26. The minimum absolute atomic E-state index is 0.148. The van der Waals surface area contributed by atoms with Gasteiger partial charge >= 0.3 is 0 Å². The molecule has 0 aliphatic carbocycles. The fourth-order valence-corrected chi connectivity index (χ4v) is 1.31. The Hall–Kier alpha value is -1.13. The van der Waals surface area contributed by atoms with Gasteiger partial charge in [0.25, 0.3) is 0 Å². The van der Waals surface area contributed by atoms with E-state index in [2.05, 4.69) is 24.1 Å². The molecular weight excluding hydrogens is 240 g/mol. The first kappa shape index (κ1) is 15.9. The summed E-state index contributed by atoms with van der Waals surface area (Å²) in [5.74, 6) is 0.837. The number of aliphatic hydroxyl groups is 1. The van der Waals surface area contributed by atoms with Crippen LogP contribution in [0, 0.1) is 5.92 Å². The Kier molecular flexibility index (Phi) is 5.76. The molecule has 4 heteroatoms. The van der Waals surface area contributed by atoms with E-state index in [4.69, 9.17) is 4.74 Å². The number of ether oxygens (including phenoxy) is 1. The van der Waals surface area contributed by atoms with E-state index in [1.807, 2.05) is 26.0 Å². The molecular formula is C15H26N2O2. The van der Waals surface area contributed by atoms with Crippen LogP contribution >= 0.6 is 0 Å². The van der Waals surface area contributed by atoms with Crippen molar-refractivity contribution in [1.29, 1.82) is 0 Å². The molecule has 108 valence electrons. The lowest BCUT2D eigenvalue weighted by molar-refractivity contribution is -0.0267. The molecule has 0 radical (unpaired) electrons. The number of nitrogens with one attached hydrogen (secondary N) is 1. The number of pyridine rings is 1. The highest BCUT2D eigenvalue weighted by atomic mass is 16.5. The standard InChI is InChI=1S/C15H26N2O2/c1-11(2)15(5,18)10-19-14-7-6-13(17-9-14)8-16-12(3)4/h6-7,9,11-12,16,18H,8,10H2,1-5H3. The molecule has 19 heavy (non-hydrogen) atoms. The lowest BCUT2D eigenvalue weighted by atomic mass is 9.94. The Morgan fingerprint density at radius 1 is 1.32 bits per heavy atom. The molecule has 0 amide bonds. The van der Waals surface area contributed by atoms with Crippen LogP contribution in [-0.4, -0.2) is 28.3 Å². The van der Waals surface area contributed by atoms with E-state index in [1.54, 1.807) is 13.1 Å². The van der Waals surface area contributed by atoms with Gasteiger partial charge in [0.1, 0.15) is 12.4 Å². The molecule has 0 aliphatic rings. The molecule has 1 aromatic rings. The van der Waals surface area contributed by atoms with Gasteiger partial charge in [-0.1, -0.05) is 27.7 Å². The van der Waals surface area contributed by atoms with Crippen molar-refractivity contribution in [2.45, 2.75) is 52.8 Å². The van der Waals surface area contributed by atoms with Crippen LogP contribution in [0.5, 0.6) is 5.75 Å². The first-order chi connectivity index (χ1) is 8.81. The fraction of sp³-hybridized carbons (Fsp3) is 0.667. The summed E-state index contributed by atoms with van der Waals surface area (Å²) < 4.78 is 5.58. The zero-order valence-corrected chi connectivity index (χ0v) is 12.6. The number of nitrogens with zero attached hydrogens (tertiary/aromatic N) is 1. The van der Waals surface area contributed by atoms with E-state index in [9.17, 15) is 5.11 Å². The molecule has 1 atom stereocenters. The van der Waals surface area contributed by atoms with Gasteiger partial charge in [0.2, 0.25) is 0 Å². The average Bonchev–Trinajstić information content (AvgIpc) is 2.35. The Bertz CT molecular complexity index is 372. The Labute approximate surface area is 116 Å². The van der Waals surface area contributed by atoms with Gasteiger partial charge in [-0.25, -0.2) is 0 Å². The normalized spacial score (nSPS) is 14.7. The maximum absolute atomic E-state index is 10.1. The number of rotatable bonds is 7. The highest BCUT2D eigenvalue weighted by Gasteiger charge is 2.25. The van der Waals surface area contributed by atoms with E-state index in [0.717, 1.165) is 12.2 Å². The maximum atomic E-state index is 10.1. The van der Waals surface area contributed by atoms with Crippen LogP contribution in [0.2, 0.25) is 0 Å². The zero-order valence-electron chi connectivity index (χ0n) is 12.6. The van der Waals surface area contributed by atoms with Gasteiger partial charge in [0.15, 0.2) is 0 Å². The third-order valence-electron chi connectivity index (χ3n) is 3.26. The zero-order chi connectivity index (χ0) is 14.5. The Morgan fingerprint density at radius 3 is 2.47 bits per heavy atom. The summed E-state index contributed by atoms with van der Waals surface area (Å²) in [5.41, 5.74) is 0.161. The number of hydrogen-bond acceptors (Lipinski definition) is 4. The van der Waals surface area contributed by atoms with Crippen LogP contribution in [0.4, 0.5) is 0 Å². The molecule has 2 N–H and O–H groups in total. The highest BCUT2D eigenvalue weighted by molar-refractivity contribution is 5.20. The monoisotopic (exact) mass is 266 g/mol. The summed E-state index contributed by atoms with van der Waals surface area (Å²) in [6.07, 6.45) is 1.70. The van der Waals surface area contributed by atoms with Crippen molar-refractivity contribution in [2.75, 3.05) is 6.61 Å². The second-order valence-corrected chi connectivity index (χ2v) is 5.82. The lowest BCUT2D eigenvalue weighted by Gasteiger charge is -2.27. The predicted octanol–water partition coefficient (Wildman–Crippen LogP) is 2.37. The minimum atomic E-state index is -0.822. The van der Waals surface area contributed by atoms with Gasteiger partial charge in [0, 0.05) is 12.6 Å². The molecule has 1 unspecified atom stereocenters. The van der Waals surface area contributed by atoms with Gasteiger partial charge in [-0.15, -0.1) is 0 Å². The van der Waals surface area contributed by atoms with Crippen molar-refractivity contribution < 1.29 is 9.84 Å². The van der Waals surface area contributed by atoms with Crippen molar-refractivity contribution in [3.8, 4) is 5.75 Å². The summed E-state index contributed by atoms with van der Waals surface area (Å²) >= 11 is 0. The largest absolute Gasteiger partial charge is 0.489 e. The second kappa shape index (κ2) is 6.87. The van der Waals surface area contributed by atoms with Gasteiger partial charge in [0.05, 0.1) is 17.5 Å². The highest BCUT2D eigenvalue weighted by Crippen LogP contribution is 2.18. The predicted molar refractivity (Wildman–Crippen MR) is 77.2 cm³/mol. The summed E-state index contributed by atoms with van der Waals surface area (Å²) in [6, 6.07) is 4.27. The molecule has 0 fully saturated rings. The van der Waals surface area contributed by atoms with Crippen molar-refractivity contribution >= 4 is 0 Å². The summed E-state index contributed by atoms with van der Waals surface area (Å²) in [7, 11) is 0. The van der Waals surface area contributed by atoms with E-state index >= 15 is 0 Å². The second-order valence-electron chi connectivity index (χ2n) is 5.82.